The van der Waals surface area contributed by atoms with Gasteiger partial charge in [0.15, 0.2) is 11.5 Å². The van der Waals surface area contributed by atoms with E-state index in [9.17, 15) is 4.79 Å². The fraction of sp³-hybridized carbons (Fsp3) is 0.286. The van der Waals surface area contributed by atoms with Crippen LogP contribution in [0, 0.1) is 0 Å². The second-order valence-electron chi connectivity index (χ2n) is 6.56. The van der Waals surface area contributed by atoms with Crippen molar-refractivity contribution >= 4 is 29.5 Å². The number of ether oxygens (including phenoxy) is 3. The summed E-state index contributed by atoms with van der Waals surface area (Å²) >= 11 is 3.53. The number of hydrogen-bond acceptors (Lipinski definition) is 6. The quantitative estimate of drug-likeness (QED) is 0.457. The van der Waals surface area contributed by atoms with Crippen molar-refractivity contribution in [3.05, 3.63) is 59.3 Å². The Labute approximate surface area is 168 Å². The number of carbonyl (C=O) groups is 1. The van der Waals surface area contributed by atoms with E-state index in [0.717, 1.165) is 39.2 Å². The standard InChI is InChI=1S/C20H18N2O4.CH4S/c1-24-20(23)15-9-13-12-4-2-3-5-14(12)21-19(13)18(22-15)11-6-7-16-17(8-11)26-10-25-16;1-2/h2-8,15,18,21-22H,9-10H2,1H3;2H,1H3/t15-,18-;/m1./s1. The van der Waals surface area contributed by atoms with E-state index in [4.69, 9.17) is 14.2 Å². The van der Waals surface area contributed by atoms with E-state index in [-0.39, 0.29) is 18.8 Å². The van der Waals surface area contributed by atoms with Gasteiger partial charge in [-0.15, -0.1) is 0 Å². The maximum atomic E-state index is 12.3. The van der Waals surface area contributed by atoms with E-state index in [1.54, 1.807) is 6.26 Å². The molecule has 2 aromatic carbocycles. The van der Waals surface area contributed by atoms with Gasteiger partial charge >= 0.3 is 5.97 Å². The van der Waals surface area contributed by atoms with Crippen LogP contribution < -0.4 is 14.8 Å². The van der Waals surface area contributed by atoms with Crippen molar-refractivity contribution in [3.63, 3.8) is 0 Å². The predicted molar refractivity (Wildman–Crippen MR) is 110 cm³/mol. The lowest BCUT2D eigenvalue weighted by Crippen LogP contribution is -2.45. The van der Waals surface area contributed by atoms with Crippen LogP contribution in [0.15, 0.2) is 42.5 Å². The summed E-state index contributed by atoms with van der Waals surface area (Å²) in [7, 11) is 1.42. The molecule has 0 saturated heterocycles. The van der Waals surface area contributed by atoms with Crippen LogP contribution in [0.1, 0.15) is 22.9 Å². The van der Waals surface area contributed by atoms with Crippen LogP contribution in [-0.2, 0) is 16.0 Å². The van der Waals surface area contributed by atoms with Crippen molar-refractivity contribution in [2.45, 2.75) is 18.5 Å². The van der Waals surface area contributed by atoms with E-state index in [2.05, 4.69) is 35.1 Å². The van der Waals surface area contributed by atoms with Crippen molar-refractivity contribution in [1.29, 1.82) is 0 Å². The summed E-state index contributed by atoms with van der Waals surface area (Å²) in [5.41, 5.74) is 4.30. The number of aromatic amines is 1. The molecule has 0 spiro atoms. The summed E-state index contributed by atoms with van der Waals surface area (Å²) in [5, 5.41) is 4.57. The third kappa shape index (κ3) is 3.10. The number of esters is 1. The number of rotatable bonds is 2. The minimum Gasteiger partial charge on any atom is -0.468 e. The lowest BCUT2D eigenvalue weighted by Gasteiger charge is -2.30. The molecule has 0 radical (unpaired) electrons. The zero-order valence-corrected chi connectivity index (χ0v) is 16.6. The molecule has 3 heterocycles. The molecule has 0 amide bonds. The van der Waals surface area contributed by atoms with Crippen LogP contribution in [0.4, 0.5) is 0 Å². The first kappa shape index (κ1) is 18.7. The molecular weight excluding hydrogens is 376 g/mol. The fourth-order valence-electron chi connectivity index (χ4n) is 3.88. The smallest absolute Gasteiger partial charge is 0.323 e. The number of aromatic nitrogens is 1. The van der Waals surface area contributed by atoms with Crippen LogP contribution in [0.3, 0.4) is 0 Å². The second-order valence-corrected chi connectivity index (χ2v) is 6.56. The molecule has 0 saturated carbocycles. The number of thiol groups is 1. The van der Waals surface area contributed by atoms with E-state index in [1.165, 1.54) is 7.11 Å². The van der Waals surface area contributed by atoms with Gasteiger partial charge in [-0.3, -0.25) is 10.1 Å². The maximum absolute atomic E-state index is 12.3. The summed E-state index contributed by atoms with van der Waals surface area (Å²) in [4.78, 5) is 15.8. The molecule has 0 unspecified atom stereocenters. The zero-order chi connectivity index (χ0) is 19.7. The number of benzene rings is 2. The minimum absolute atomic E-state index is 0.162. The highest BCUT2D eigenvalue weighted by Gasteiger charge is 2.35. The van der Waals surface area contributed by atoms with Crippen molar-refractivity contribution in [2.75, 3.05) is 20.2 Å². The Bertz CT molecular complexity index is 1020. The average Bonchev–Trinajstić information content (AvgIpc) is 3.37. The third-order valence-corrected chi connectivity index (χ3v) is 5.13. The normalized spacial score (nSPS) is 19.5. The molecule has 6 nitrogen and oxygen atoms in total. The highest BCUT2D eigenvalue weighted by Crippen LogP contribution is 2.39. The van der Waals surface area contributed by atoms with Crippen LogP contribution in [0.25, 0.3) is 10.9 Å². The van der Waals surface area contributed by atoms with Crippen molar-refractivity contribution in [1.82, 2.24) is 10.3 Å². The number of methoxy groups -OCH3 is 1. The molecule has 0 bridgehead atoms. The van der Waals surface area contributed by atoms with Gasteiger partial charge in [0.25, 0.3) is 0 Å². The molecule has 1 aromatic heterocycles. The van der Waals surface area contributed by atoms with Crippen molar-refractivity contribution in [2.24, 2.45) is 0 Å². The largest absolute Gasteiger partial charge is 0.468 e. The van der Waals surface area contributed by atoms with Gasteiger partial charge in [-0.2, -0.15) is 12.6 Å². The molecule has 0 aliphatic carbocycles. The maximum Gasteiger partial charge on any atom is 0.323 e. The highest BCUT2D eigenvalue weighted by molar-refractivity contribution is 7.79. The molecule has 2 aliphatic rings. The minimum atomic E-state index is -0.401. The lowest BCUT2D eigenvalue weighted by molar-refractivity contribution is -0.143. The van der Waals surface area contributed by atoms with Crippen LogP contribution in [-0.4, -0.2) is 37.2 Å². The van der Waals surface area contributed by atoms with Gasteiger partial charge < -0.3 is 19.2 Å². The summed E-state index contributed by atoms with van der Waals surface area (Å²) in [6, 6.07) is 13.5. The molecule has 7 heteroatoms. The molecule has 3 aromatic rings. The first-order valence-corrected chi connectivity index (χ1v) is 9.91. The van der Waals surface area contributed by atoms with Crippen LogP contribution in [0.5, 0.6) is 11.5 Å². The van der Waals surface area contributed by atoms with Gasteiger partial charge in [0.05, 0.1) is 13.2 Å². The summed E-state index contributed by atoms with van der Waals surface area (Å²) in [5.74, 6) is 1.21. The average molecular weight is 398 g/mol. The molecule has 5 rings (SSSR count). The first-order chi connectivity index (χ1) is 13.7. The molecule has 28 heavy (non-hydrogen) atoms. The van der Waals surface area contributed by atoms with Gasteiger partial charge in [-0.1, -0.05) is 24.3 Å². The topological polar surface area (TPSA) is 72.6 Å². The molecule has 2 atom stereocenters. The number of para-hydroxylation sites is 1. The molecule has 2 aliphatic heterocycles. The van der Waals surface area contributed by atoms with Gasteiger partial charge in [0.1, 0.15) is 6.04 Å². The lowest BCUT2D eigenvalue weighted by atomic mass is 9.90. The van der Waals surface area contributed by atoms with Crippen molar-refractivity contribution in [3.8, 4) is 11.5 Å². The summed E-state index contributed by atoms with van der Waals surface area (Å²) in [6.45, 7) is 0.235. The number of carbonyl (C=O) groups excluding carboxylic acids is 1. The zero-order valence-electron chi connectivity index (χ0n) is 15.7. The molecular formula is C21H22N2O4S. The molecule has 146 valence electrons. The van der Waals surface area contributed by atoms with Gasteiger partial charge in [0.2, 0.25) is 6.79 Å². The third-order valence-electron chi connectivity index (χ3n) is 5.13. The monoisotopic (exact) mass is 398 g/mol. The van der Waals surface area contributed by atoms with Crippen LogP contribution in [0.2, 0.25) is 0 Å². The fourth-order valence-corrected chi connectivity index (χ4v) is 3.88. The Morgan fingerprint density at radius 2 is 1.93 bits per heavy atom. The van der Waals surface area contributed by atoms with E-state index < -0.39 is 6.04 Å². The Balaban J connectivity index is 0.000000932. The Morgan fingerprint density at radius 1 is 1.14 bits per heavy atom. The number of fused-ring (bicyclic) bond motifs is 4. The van der Waals surface area contributed by atoms with E-state index in [1.807, 2.05) is 30.3 Å². The number of nitrogens with one attached hydrogen (secondary N) is 2. The molecule has 2 N–H and O–H groups in total. The first-order valence-electron chi connectivity index (χ1n) is 9.02. The highest BCUT2D eigenvalue weighted by atomic mass is 32.1. The van der Waals surface area contributed by atoms with E-state index >= 15 is 0 Å². The predicted octanol–water partition coefficient (Wildman–Crippen LogP) is 3.22. The van der Waals surface area contributed by atoms with Gasteiger partial charge in [-0.25, -0.2) is 0 Å². The SMILES string of the molecule is COC(=O)[C@H]1Cc2c([nH]c3ccccc23)[C@@H](c2ccc3c(c2)OCO3)N1.CS. The number of hydrogen-bond donors (Lipinski definition) is 3. The van der Waals surface area contributed by atoms with E-state index in [0.29, 0.717) is 6.42 Å². The second kappa shape index (κ2) is 7.77. The summed E-state index contributed by atoms with van der Waals surface area (Å²) < 4.78 is 15.9. The summed E-state index contributed by atoms with van der Waals surface area (Å²) in [6.07, 6.45) is 2.28. The Kier molecular flexibility index (Phi) is 5.19. The molecule has 0 fully saturated rings. The van der Waals surface area contributed by atoms with Gasteiger partial charge in [0, 0.05) is 23.0 Å². The Morgan fingerprint density at radius 3 is 2.75 bits per heavy atom. The van der Waals surface area contributed by atoms with Crippen molar-refractivity contribution < 1.29 is 19.0 Å². The number of H-pyrrole nitrogens is 1. The van der Waals surface area contributed by atoms with Crippen LogP contribution >= 0.6 is 12.6 Å². The van der Waals surface area contributed by atoms with Gasteiger partial charge in [-0.05, 0) is 35.6 Å². The Hall–Kier alpha value is -2.64.